The van der Waals surface area contributed by atoms with E-state index in [2.05, 4.69) is 18.8 Å². The lowest BCUT2D eigenvalue weighted by atomic mass is 9.82. The maximum absolute atomic E-state index is 12.7. The third-order valence-corrected chi connectivity index (χ3v) is 3.89. The van der Waals surface area contributed by atoms with Gasteiger partial charge in [0.25, 0.3) is 0 Å². The maximum atomic E-state index is 12.7. The molecule has 136 valence electrons. The highest BCUT2D eigenvalue weighted by atomic mass is 16.3. The summed E-state index contributed by atoms with van der Waals surface area (Å²) in [6.07, 6.45) is 4.61. The summed E-state index contributed by atoms with van der Waals surface area (Å²) >= 11 is 0. The van der Waals surface area contributed by atoms with Gasteiger partial charge in [-0.25, -0.2) is 0 Å². The van der Waals surface area contributed by atoms with Crippen LogP contribution in [0.2, 0.25) is 0 Å². The molecular weight excluding hydrogens is 300 g/mol. The minimum Gasteiger partial charge on any atom is -0.392 e. The first-order valence-corrected chi connectivity index (χ1v) is 8.71. The molecule has 3 nitrogen and oxygen atoms in total. The molecule has 24 heavy (non-hydrogen) atoms. The van der Waals surface area contributed by atoms with Crippen LogP contribution in [0.3, 0.4) is 0 Å². The van der Waals surface area contributed by atoms with Crippen molar-refractivity contribution in [2.24, 2.45) is 5.41 Å². The molecule has 1 atom stereocenters. The molecule has 0 aromatic rings. The van der Waals surface area contributed by atoms with Crippen molar-refractivity contribution >= 4 is 5.78 Å². The van der Waals surface area contributed by atoms with Crippen LogP contribution in [0.25, 0.3) is 0 Å². The monoisotopic (exact) mass is 334 g/mol. The highest BCUT2D eigenvalue weighted by Crippen LogP contribution is 2.28. The average molecular weight is 335 g/mol. The van der Waals surface area contributed by atoms with E-state index in [1.54, 1.807) is 26.8 Å². The summed E-state index contributed by atoms with van der Waals surface area (Å²) in [5.74, 6) is 5.79. The van der Waals surface area contributed by atoms with Crippen molar-refractivity contribution in [2.75, 3.05) is 6.61 Å². The molecule has 0 spiro atoms. The van der Waals surface area contributed by atoms with E-state index in [9.17, 15) is 9.90 Å². The Kier molecular flexibility index (Phi) is 9.25. The van der Waals surface area contributed by atoms with Gasteiger partial charge >= 0.3 is 0 Å². The van der Waals surface area contributed by atoms with E-state index in [0.717, 1.165) is 12.8 Å². The molecule has 0 radical (unpaired) electrons. The van der Waals surface area contributed by atoms with Crippen LogP contribution in [0, 0.1) is 17.3 Å². The minimum absolute atomic E-state index is 0.0801. The van der Waals surface area contributed by atoms with E-state index in [4.69, 9.17) is 5.11 Å². The Balaban J connectivity index is 5.74. The zero-order valence-corrected chi connectivity index (χ0v) is 16.4. The number of unbranched alkanes of at least 4 members (excludes halogenated alkanes) is 1. The summed E-state index contributed by atoms with van der Waals surface area (Å²) in [6.45, 7) is 13.3. The van der Waals surface area contributed by atoms with Crippen molar-refractivity contribution < 1.29 is 15.0 Å². The van der Waals surface area contributed by atoms with E-state index >= 15 is 0 Å². The van der Waals surface area contributed by atoms with Gasteiger partial charge in [-0.3, -0.25) is 4.79 Å². The van der Waals surface area contributed by atoms with Crippen molar-refractivity contribution in [1.29, 1.82) is 0 Å². The largest absolute Gasteiger partial charge is 0.392 e. The molecule has 0 saturated heterocycles. The molecule has 0 aromatic heterocycles. The standard InChI is InChI=1S/C21H34O3/c1-8-9-10-18(19(23)15-20(4,5)6)17(3)21(7,24)13-11-16(2)12-14-22/h12,22,24H,8-10,14-15H2,1-7H3/b16-12-,18-17-. The second-order valence-electron chi connectivity index (χ2n) is 7.76. The van der Waals surface area contributed by atoms with Crippen LogP contribution >= 0.6 is 0 Å². The number of rotatable bonds is 7. The molecule has 0 bridgehead atoms. The molecule has 0 heterocycles. The van der Waals surface area contributed by atoms with Crippen molar-refractivity contribution in [3.63, 3.8) is 0 Å². The summed E-state index contributed by atoms with van der Waals surface area (Å²) < 4.78 is 0. The highest BCUT2D eigenvalue weighted by Gasteiger charge is 2.27. The lowest BCUT2D eigenvalue weighted by molar-refractivity contribution is -0.117. The van der Waals surface area contributed by atoms with Crippen LogP contribution in [-0.4, -0.2) is 28.2 Å². The summed E-state index contributed by atoms with van der Waals surface area (Å²) in [7, 11) is 0. The minimum atomic E-state index is -1.36. The smallest absolute Gasteiger partial charge is 0.159 e. The zero-order valence-electron chi connectivity index (χ0n) is 16.4. The molecule has 0 saturated carbocycles. The second-order valence-corrected chi connectivity index (χ2v) is 7.76. The molecular formula is C21H34O3. The number of allylic oxidation sites excluding steroid dienone is 2. The van der Waals surface area contributed by atoms with Crippen LogP contribution in [0.5, 0.6) is 0 Å². The summed E-state index contributed by atoms with van der Waals surface area (Å²) in [6, 6.07) is 0. The molecule has 1 unspecified atom stereocenters. The molecule has 0 aliphatic rings. The number of ketones is 1. The molecule has 0 aliphatic heterocycles. The Labute approximate surface area is 147 Å². The first kappa shape index (κ1) is 22.6. The molecule has 0 aromatic carbocycles. The molecule has 0 rings (SSSR count). The van der Waals surface area contributed by atoms with Crippen LogP contribution in [0.4, 0.5) is 0 Å². The Hall–Kier alpha value is -1.37. The number of carbonyl (C=O) groups is 1. The second kappa shape index (κ2) is 9.81. The zero-order chi connectivity index (χ0) is 19.0. The van der Waals surface area contributed by atoms with Gasteiger partial charge in [-0.1, -0.05) is 46.0 Å². The van der Waals surface area contributed by atoms with Crippen LogP contribution in [-0.2, 0) is 4.79 Å². The van der Waals surface area contributed by atoms with Crippen molar-refractivity contribution in [1.82, 2.24) is 0 Å². The molecule has 0 fully saturated rings. The van der Waals surface area contributed by atoms with Gasteiger partial charge in [0.15, 0.2) is 5.78 Å². The summed E-state index contributed by atoms with van der Waals surface area (Å²) in [5.41, 5.74) is 0.583. The lowest BCUT2D eigenvalue weighted by Gasteiger charge is -2.24. The summed E-state index contributed by atoms with van der Waals surface area (Å²) in [4.78, 5) is 12.7. The van der Waals surface area contributed by atoms with E-state index in [1.807, 2.05) is 20.8 Å². The fourth-order valence-electron chi connectivity index (χ4n) is 2.27. The molecule has 0 amide bonds. The van der Waals surface area contributed by atoms with Gasteiger partial charge in [0.05, 0.1) is 6.61 Å². The number of hydrogen-bond acceptors (Lipinski definition) is 3. The van der Waals surface area contributed by atoms with Gasteiger partial charge in [0.1, 0.15) is 5.60 Å². The maximum Gasteiger partial charge on any atom is 0.159 e. The number of Topliss-reactive ketones (excluding diaryl/α,β-unsaturated/α-hetero) is 1. The van der Waals surface area contributed by atoms with E-state index in [1.165, 1.54) is 0 Å². The SMILES string of the molecule is CCCC/C(C(=O)CC(C)(C)C)=C(\C)C(C)(O)C#C/C(C)=C\CO. The van der Waals surface area contributed by atoms with Crippen molar-refractivity contribution in [3.05, 3.63) is 22.8 Å². The third kappa shape index (κ3) is 8.47. The van der Waals surface area contributed by atoms with Gasteiger partial charge in [-0.15, -0.1) is 0 Å². The van der Waals surface area contributed by atoms with Crippen LogP contribution in [0.1, 0.15) is 74.1 Å². The van der Waals surface area contributed by atoms with Gasteiger partial charge in [-0.2, -0.15) is 0 Å². The Morgan fingerprint density at radius 2 is 1.75 bits per heavy atom. The average Bonchev–Trinajstić information content (AvgIpc) is 2.44. The van der Waals surface area contributed by atoms with Crippen molar-refractivity contribution in [2.45, 2.75) is 79.8 Å². The van der Waals surface area contributed by atoms with E-state index in [-0.39, 0.29) is 17.8 Å². The fraction of sp³-hybridized carbons (Fsp3) is 0.667. The van der Waals surface area contributed by atoms with Crippen LogP contribution in [0.15, 0.2) is 22.8 Å². The molecule has 3 heteroatoms. The fourth-order valence-corrected chi connectivity index (χ4v) is 2.27. The first-order chi connectivity index (χ1) is 10.9. The highest BCUT2D eigenvalue weighted by molar-refractivity contribution is 5.96. The molecule has 2 N–H and O–H groups in total. The predicted molar refractivity (Wildman–Crippen MR) is 101 cm³/mol. The van der Waals surface area contributed by atoms with Gasteiger partial charge < -0.3 is 10.2 Å². The van der Waals surface area contributed by atoms with Crippen molar-refractivity contribution in [3.8, 4) is 11.8 Å². The number of aliphatic hydroxyl groups excluding tert-OH is 1. The third-order valence-electron chi connectivity index (χ3n) is 3.89. The topological polar surface area (TPSA) is 57.5 Å². The normalized spacial score (nSPS) is 16.0. The summed E-state index contributed by atoms with van der Waals surface area (Å²) in [5, 5.41) is 19.6. The Morgan fingerprint density at radius 1 is 1.17 bits per heavy atom. The van der Waals surface area contributed by atoms with E-state index < -0.39 is 5.60 Å². The Bertz CT molecular complexity index is 546. The first-order valence-electron chi connectivity index (χ1n) is 8.71. The number of carbonyl (C=O) groups excluding carboxylic acids is 1. The van der Waals surface area contributed by atoms with Gasteiger partial charge in [0.2, 0.25) is 0 Å². The number of aliphatic hydroxyl groups is 2. The van der Waals surface area contributed by atoms with E-state index in [0.29, 0.717) is 29.6 Å². The molecule has 0 aliphatic carbocycles. The van der Waals surface area contributed by atoms with Gasteiger partial charge in [-0.05, 0) is 61.8 Å². The quantitative estimate of drug-likeness (QED) is 0.542. The van der Waals surface area contributed by atoms with Crippen LogP contribution < -0.4 is 0 Å². The Morgan fingerprint density at radius 3 is 2.21 bits per heavy atom. The predicted octanol–water partition coefficient (Wildman–Crippen LogP) is 4.19. The number of hydrogen-bond donors (Lipinski definition) is 2. The lowest BCUT2D eigenvalue weighted by Crippen LogP contribution is -2.27. The van der Waals surface area contributed by atoms with Gasteiger partial charge in [0, 0.05) is 6.42 Å².